The number of hydrogen-bond donors (Lipinski definition) is 0. The molecule has 2 aliphatic carbocycles. The van der Waals surface area contributed by atoms with Gasteiger partial charge in [-0.3, -0.25) is 0 Å². The second-order valence-electron chi connectivity index (χ2n) is 8.40. The first kappa shape index (κ1) is 18.6. The molecule has 140 valence electrons. The fourth-order valence-corrected chi connectivity index (χ4v) is 5.25. The topological polar surface area (TPSA) is 0 Å². The second-order valence-corrected chi connectivity index (χ2v) is 8.83. The summed E-state index contributed by atoms with van der Waals surface area (Å²) >= 11 is 5.95. The zero-order valence-electron chi connectivity index (χ0n) is 16.3. The molecule has 4 rings (SSSR count). The molecule has 0 bridgehead atoms. The van der Waals surface area contributed by atoms with E-state index in [2.05, 4.69) is 37.0 Å². The highest BCUT2D eigenvalue weighted by Gasteiger charge is 2.34. The molecular formula is C26H29Cl. The molecule has 0 aliphatic heterocycles. The Balaban J connectivity index is 1.48. The van der Waals surface area contributed by atoms with Gasteiger partial charge in [-0.15, -0.1) is 0 Å². The van der Waals surface area contributed by atoms with E-state index >= 15 is 0 Å². The van der Waals surface area contributed by atoms with Crippen LogP contribution in [0.5, 0.6) is 0 Å². The predicted molar refractivity (Wildman–Crippen MR) is 115 cm³/mol. The summed E-state index contributed by atoms with van der Waals surface area (Å²) in [6.45, 7) is 2.32. The first-order valence-electron chi connectivity index (χ1n) is 10.6. The largest absolute Gasteiger partial charge is 0.0843 e. The van der Waals surface area contributed by atoms with Crippen molar-refractivity contribution >= 4 is 11.6 Å². The van der Waals surface area contributed by atoms with Crippen molar-refractivity contribution in [1.82, 2.24) is 0 Å². The van der Waals surface area contributed by atoms with Crippen LogP contribution in [0.25, 0.3) is 0 Å². The Morgan fingerprint density at radius 1 is 0.963 bits per heavy atom. The van der Waals surface area contributed by atoms with E-state index < -0.39 is 0 Å². The molecule has 0 radical (unpaired) electrons. The van der Waals surface area contributed by atoms with Gasteiger partial charge in [0.15, 0.2) is 0 Å². The summed E-state index contributed by atoms with van der Waals surface area (Å²) in [6.07, 6.45) is 11.1. The lowest BCUT2D eigenvalue weighted by Crippen LogP contribution is -2.28. The molecule has 2 aromatic rings. The average Bonchev–Trinajstić information content (AvgIpc) is 2.71. The molecule has 1 fully saturated rings. The monoisotopic (exact) mass is 376 g/mol. The molecule has 3 atom stereocenters. The second kappa shape index (κ2) is 8.53. The van der Waals surface area contributed by atoms with E-state index in [-0.39, 0.29) is 0 Å². The number of fused-ring (bicyclic) bond motifs is 3. The molecule has 2 aliphatic rings. The van der Waals surface area contributed by atoms with Gasteiger partial charge in [0.2, 0.25) is 0 Å². The Kier molecular flexibility index (Phi) is 5.89. The van der Waals surface area contributed by atoms with Crippen molar-refractivity contribution in [1.29, 1.82) is 0 Å². The van der Waals surface area contributed by atoms with Gasteiger partial charge in [-0.25, -0.2) is 0 Å². The molecule has 0 nitrogen and oxygen atoms in total. The Labute approximate surface area is 169 Å². The molecule has 0 heterocycles. The minimum atomic E-state index is 0.758. The van der Waals surface area contributed by atoms with Gasteiger partial charge in [0.25, 0.3) is 0 Å². The SMILES string of the molecule is CCCC[C@@H]1CC[C@@H]2c3ccc(C#Cc4ccc(Cl)cc4)cc3CC[C@@H]2C1. The van der Waals surface area contributed by atoms with E-state index in [1.807, 2.05) is 24.3 Å². The number of halogens is 1. The van der Waals surface area contributed by atoms with Crippen molar-refractivity contribution < 1.29 is 0 Å². The third kappa shape index (κ3) is 4.41. The molecule has 2 aromatic carbocycles. The van der Waals surface area contributed by atoms with Crippen LogP contribution in [-0.4, -0.2) is 0 Å². The third-order valence-corrected chi connectivity index (χ3v) is 6.83. The fourth-order valence-electron chi connectivity index (χ4n) is 5.12. The van der Waals surface area contributed by atoms with Crippen LogP contribution >= 0.6 is 11.6 Å². The van der Waals surface area contributed by atoms with Gasteiger partial charge >= 0.3 is 0 Å². The molecule has 0 aromatic heterocycles. The zero-order valence-corrected chi connectivity index (χ0v) is 17.1. The molecule has 0 amide bonds. The van der Waals surface area contributed by atoms with E-state index in [1.165, 1.54) is 51.4 Å². The van der Waals surface area contributed by atoms with Crippen molar-refractivity contribution in [2.45, 2.75) is 64.2 Å². The lowest BCUT2D eigenvalue weighted by Gasteiger charge is -2.40. The number of rotatable bonds is 3. The number of benzene rings is 2. The predicted octanol–water partition coefficient (Wildman–Crippen LogP) is 7.38. The average molecular weight is 377 g/mol. The Morgan fingerprint density at radius 3 is 2.56 bits per heavy atom. The van der Waals surface area contributed by atoms with Crippen molar-refractivity contribution in [2.75, 3.05) is 0 Å². The van der Waals surface area contributed by atoms with Crippen molar-refractivity contribution in [3.8, 4) is 11.8 Å². The lowest BCUT2D eigenvalue weighted by molar-refractivity contribution is 0.200. The van der Waals surface area contributed by atoms with Crippen molar-refractivity contribution in [2.24, 2.45) is 11.8 Å². The van der Waals surface area contributed by atoms with Gasteiger partial charge in [-0.2, -0.15) is 0 Å². The number of unbranched alkanes of at least 4 members (excludes halogenated alkanes) is 1. The van der Waals surface area contributed by atoms with Crippen LogP contribution < -0.4 is 0 Å². The molecule has 27 heavy (non-hydrogen) atoms. The van der Waals surface area contributed by atoms with Crippen molar-refractivity contribution in [3.05, 3.63) is 69.7 Å². The quantitative estimate of drug-likeness (QED) is 0.490. The lowest BCUT2D eigenvalue weighted by atomic mass is 9.64. The highest BCUT2D eigenvalue weighted by atomic mass is 35.5. The maximum atomic E-state index is 5.95. The van der Waals surface area contributed by atoms with E-state index in [9.17, 15) is 0 Å². The molecule has 0 unspecified atom stereocenters. The normalized spacial score (nSPS) is 23.7. The summed E-state index contributed by atoms with van der Waals surface area (Å²) in [5.74, 6) is 9.30. The molecular weight excluding hydrogens is 348 g/mol. The van der Waals surface area contributed by atoms with Gasteiger partial charge in [-0.05, 0) is 97.4 Å². The van der Waals surface area contributed by atoms with E-state index in [0.29, 0.717) is 0 Å². The van der Waals surface area contributed by atoms with Gasteiger partial charge in [0.05, 0.1) is 0 Å². The van der Waals surface area contributed by atoms with Crippen LogP contribution in [0.4, 0.5) is 0 Å². The summed E-state index contributed by atoms with van der Waals surface area (Å²) in [6, 6.07) is 14.7. The standard InChI is InChI=1S/C26H29Cl/c1-2-3-4-20-9-15-25-22(17-20)11-12-23-18-21(10-16-26(23)25)6-5-19-7-13-24(27)14-8-19/h7-8,10,13-14,16,18,20,22,25H,2-4,9,11-12,15,17H2,1H3/t20-,22-,25+/m1/s1. The van der Waals surface area contributed by atoms with Crippen LogP contribution in [0.1, 0.15) is 80.0 Å². The first-order chi connectivity index (χ1) is 13.2. The van der Waals surface area contributed by atoms with Crippen LogP contribution in [0.2, 0.25) is 5.02 Å². The maximum absolute atomic E-state index is 5.95. The summed E-state index contributed by atoms with van der Waals surface area (Å²) in [4.78, 5) is 0. The van der Waals surface area contributed by atoms with E-state index in [4.69, 9.17) is 11.6 Å². The smallest absolute Gasteiger partial charge is 0.0406 e. The Bertz CT molecular complexity index is 837. The Hall–Kier alpha value is -1.71. The minimum absolute atomic E-state index is 0.758. The van der Waals surface area contributed by atoms with Crippen LogP contribution in [0, 0.1) is 23.7 Å². The van der Waals surface area contributed by atoms with Gasteiger partial charge in [0.1, 0.15) is 0 Å². The van der Waals surface area contributed by atoms with E-state index in [0.717, 1.165) is 33.9 Å². The third-order valence-electron chi connectivity index (χ3n) is 6.58. The van der Waals surface area contributed by atoms with Gasteiger partial charge < -0.3 is 0 Å². The van der Waals surface area contributed by atoms with Crippen molar-refractivity contribution in [3.63, 3.8) is 0 Å². The highest BCUT2D eigenvalue weighted by molar-refractivity contribution is 6.30. The van der Waals surface area contributed by atoms with Crippen LogP contribution in [0.15, 0.2) is 42.5 Å². The fraction of sp³-hybridized carbons (Fsp3) is 0.462. The number of hydrogen-bond acceptors (Lipinski definition) is 0. The molecule has 1 heteroatoms. The van der Waals surface area contributed by atoms with Gasteiger partial charge in [-0.1, -0.05) is 55.7 Å². The van der Waals surface area contributed by atoms with E-state index in [1.54, 1.807) is 11.1 Å². The summed E-state index contributed by atoms with van der Waals surface area (Å²) < 4.78 is 0. The minimum Gasteiger partial charge on any atom is -0.0843 e. The molecule has 0 N–H and O–H groups in total. The summed E-state index contributed by atoms with van der Waals surface area (Å²) in [7, 11) is 0. The molecule has 1 saturated carbocycles. The Morgan fingerprint density at radius 2 is 1.74 bits per heavy atom. The van der Waals surface area contributed by atoms with Crippen LogP contribution in [-0.2, 0) is 6.42 Å². The summed E-state index contributed by atoms with van der Waals surface area (Å²) in [5.41, 5.74) is 5.32. The highest BCUT2D eigenvalue weighted by Crippen LogP contribution is 2.47. The first-order valence-corrected chi connectivity index (χ1v) is 11.0. The van der Waals surface area contributed by atoms with Crippen LogP contribution in [0.3, 0.4) is 0 Å². The molecule has 0 saturated heterocycles. The van der Waals surface area contributed by atoms with Gasteiger partial charge in [0, 0.05) is 16.1 Å². The number of aryl methyl sites for hydroxylation is 1. The molecule has 0 spiro atoms. The zero-order chi connectivity index (χ0) is 18.6. The maximum Gasteiger partial charge on any atom is 0.0406 e. The summed E-state index contributed by atoms with van der Waals surface area (Å²) in [5, 5.41) is 0.758.